The van der Waals surface area contributed by atoms with Gasteiger partial charge in [0.2, 0.25) is 0 Å². The van der Waals surface area contributed by atoms with Gasteiger partial charge in [0, 0.05) is 0 Å². The van der Waals surface area contributed by atoms with Crippen LogP contribution in [0.15, 0.2) is 0 Å². The number of methoxy groups -OCH3 is 1. The normalized spacial score (nSPS) is 13.6. The number of carbonyl (C=O) groups is 2. The van der Waals surface area contributed by atoms with Gasteiger partial charge in [-0.2, -0.15) is 0 Å². The largest absolute Gasteiger partial charge is 0.477 e. The summed E-state index contributed by atoms with van der Waals surface area (Å²) in [6.07, 6.45) is -5.57. The number of aromatic carboxylic acids is 1. The number of rotatable bonds is 5. The van der Waals surface area contributed by atoms with E-state index in [1.807, 2.05) is 0 Å². The molecule has 0 spiro atoms. The Morgan fingerprint density at radius 3 is 1.86 bits per heavy atom. The fraction of sp³-hybridized carbons (Fsp3) is 0.333. The molecule has 10 heteroatoms. The highest BCUT2D eigenvalue weighted by atomic mass is 19.2. The van der Waals surface area contributed by atoms with Crippen molar-refractivity contribution in [2.75, 3.05) is 7.11 Å². The molecule has 0 aliphatic heterocycles. The highest BCUT2D eigenvalue weighted by Crippen LogP contribution is 2.31. The zero-order valence-corrected chi connectivity index (χ0v) is 10.9. The van der Waals surface area contributed by atoms with Gasteiger partial charge in [0.25, 0.3) is 0 Å². The predicted molar refractivity (Wildman–Crippen MR) is 60.8 cm³/mol. The molecule has 0 aliphatic rings. The molecule has 0 amide bonds. The standard InChI is InChI=1S/C12H10F4O6/c1-22-4(18)2-3(17)11(19)5-7(13)9(15)6(12(20)21)10(16)8(5)14/h3,11,17,19H,2H2,1H3,(H,20,21). The van der Waals surface area contributed by atoms with Crippen LogP contribution in [-0.4, -0.2) is 40.5 Å². The van der Waals surface area contributed by atoms with Gasteiger partial charge in [-0.05, 0) is 0 Å². The topological polar surface area (TPSA) is 104 Å². The number of carboxylic acid groups (broad SMARTS) is 1. The lowest BCUT2D eigenvalue weighted by atomic mass is 9.98. The van der Waals surface area contributed by atoms with Crippen LogP contribution < -0.4 is 0 Å². The number of hydrogen-bond donors (Lipinski definition) is 3. The molecular weight excluding hydrogens is 316 g/mol. The van der Waals surface area contributed by atoms with Crippen LogP contribution in [0.2, 0.25) is 0 Å². The molecule has 0 aliphatic carbocycles. The minimum atomic E-state index is -2.52. The Balaban J connectivity index is 3.37. The lowest BCUT2D eigenvalue weighted by Gasteiger charge is -2.19. The first-order valence-electron chi connectivity index (χ1n) is 5.65. The van der Waals surface area contributed by atoms with Gasteiger partial charge in [0.1, 0.15) is 11.7 Å². The second-order valence-electron chi connectivity index (χ2n) is 4.14. The number of ether oxygens (including phenoxy) is 1. The van der Waals surface area contributed by atoms with Gasteiger partial charge in [-0.1, -0.05) is 0 Å². The molecule has 2 atom stereocenters. The van der Waals surface area contributed by atoms with Gasteiger partial charge in [0.05, 0.1) is 25.2 Å². The number of halogens is 4. The Morgan fingerprint density at radius 2 is 1.50 bits per heavy atom. The summed E-state index contributed by atoms with van der Waals surface area (Å²) in [4.78, 5) is 21.5. The SMILES string of the molecule is COC(=O)CC(O)C(O)c1c(F)c(F)c(C(=O)O)c(F)c1F. The summed E-state index contributed by atoms with van der Waals surface area (Å²) in [7, 11) is 0.934. The average Bonchev–Trinajstić information content (AvgIpc) is 2.44. The zero-order chi connectivity index (χ0) is 17.2. The van der Waals surface area contributed by atoms with Gasteiger partial charge in [0.15, 0.2) is 23.3 Å². The Kier molecular flexibility index (Phi) is 5.44. The van der Waals surface area contributed by atoms with E-state index in [1.54, 1.807) is 0 Å². The average molecular weight is 326 g/mol. The van der Waals surface area contributed by atoms with E-state index in [9.17, 15) is 37.4 Å². The molecule has 122 valence electrons. The van der Waals surface area contributed by atoms with Crippen molar-refractivity contribution in [1.82, 2.24) is 0 Å². The van der Waals surface area contributed by atoms with Crippen LogP contribution in [-0.2, 0) is 9.53 Å². The molecule has 0 fully saturated rings. The second kappa shape index (κ2) is 6.71. The van der Waals surface area contributed by atoms with E-state index < -0.39 is 65.0 Å². The minimum Gasteiger partial charge on any atom is -0.477 e. The number of aliphatic hydroxyl groups is 2. The van der Waals surface area contributed by atoms with Crippen molar-refractivity contribution in [1.29, 1.82) is 0 Å². The number of hydrogen-bond acceptors (Lipinski definition) is 5. The molecule has 0 aromatic heterocycles. The highest BCUT2D eigenvalue weighted by molar-refractivity contribution is 5.88. The lowest BCUT2D eigenvalue weighted by molar-refractivity contribution is -0.144. The first-order chi connectivity index (χ1) is 10.1. The van der Waals surface area contributed by atoms with Crippen molar-refractivity contribution in [3.8, 4) is 0 Å². The quantitative estimate of drug-likeness (QED) is 0.422. The summed E-state index contributed by atoms with van der Waals surface area (Å²) in [6.45, 7) is 0. The lowest BCUT2D eigenvalue weighted by Crippen LogP contribution is -2.26. The Morgan fingerprint density at radius 1 is 1.05 bits per heavy atom. The maximum absolute atomic E-state index is 13.7. The number of esters is 1. The minimum absolute atomic E-state index is 0.916. The molecule has 3 N–H and O–H groups in total. The molecule has 0 radical (unpaired) electrons. The van der Waals surface area contributed by atoms with Crippen molar-refractivity contribution in [3.05, 3.63) is 34.4 Å². The van der Waals surface area contributed by atoms with Crippen LogP contribution in [0, 0.1) is 23.3 Å². The van der Waals surface area contributed by atoms with E-state index in [0.29, 0.717) is 0 Å². The summed E-state index contributed by atoms with van der Waals surface area (Å²) in [6, 6.07) is 0. The van der Waals surface area contributed by atoms with Crippen molar-refractivity contribution in [2.24, 2.45) is 0 Å². The molecule has 0 bridgehead atoms. The fourth-order valence-electron chi connectivity index (χ4n) is 1.65. The predicted octanol–water partition coefficient (Wildman–Crippen LogP) is 0.899. The van der Waals surface area contributed by atoms with E-state index in [0.717, 1.165) is 7.11 Å². The van der Waals surface area contributed by atoms with E-state index in [1.165, 1.54) is 0 Å². The van der Waals surface area contributed by atoms with Crippen molar-refractivity contribution in [2.45, 2.75) is 18.6 Å². The van der Waals surface area contributed by atoms with E-state index in [2.05, 4.69) is 4.74 Å². The number of benzene rings is 1. The Labute approximate surface area is 120 Å². The fourth-order valence-corrected chi connectivity index (χ4v) is 1.65. The molecule has 6 nitrogen and oxygen atoms in total. The summed E-state index contributed by atoms with van der Waals surface area (Å²) in [5, 5.41) is 27.5. The third kappa shape index (κ3) is 3.17. The maximum atomic E-state index is 13.7. The van der Waals surface area contributed by atoms with Crippen molar-refractivity contribution >= 4 is 11.9 Å². The molecule has 0 heterocycles. The monoisotopic (exact) mass is 326 g/mol. The van der Waals surface area contributed by atoms with Gasteiger partial charge in [-0.3, -0.25) is 4.79 Å². The van der Waals surface area contributed by atoms with Crippen LogP contribution >= 0.6 is 0 Å². The van der Waals surface area contributed by atoms with Gasteiger partial charge in [-0.15, -0.1) is 0 Å². The van der Waals surface area contributed by atoms with Gasteiger partial charge in [-0.25, -0.2) is 22.4 Å². The Bertz CT molecular complexity index is 589. The van der Waals surface area contributed by atoms with Gasteiger partial charge < -0.3 is 20.1 Å². The van der Waals surface area contributed by atoms with Gasteiger partial charge >= 0.3 is 11.9 Å². The van der Waals surface area contributed by atoms with Crippen LogP contribution in [0.3, 0.4) is 0 Å². The van der Waals surface area contributed by atoms with Crippen LogP contribution in [0.1, 0.15) is 28.4 Å². The summed E-state index contributed by atoms with van der Waals surface area (Å²) in [5.74, 6) is -12.2. The molecule has 22 heavy (non-hydrogen) atoms. The summed E-state index contributed by atoms with van der Waals surface area (Å²) < 4.78 is 58.4. The highest BCUT2D eigenvalue weighted by Gasteiger charge is 2.35. The third-order valence-electron chi connectivity index (χ3n) is 2.77. The van der Waals surface area contributed by atoms with Crippen LogP contribution in [0.25, 0.3) is 0 Å². The molecule has 1 aromatic carbocycles. The number of aliphatic hydroxyl groups excluding tert-OH is 2. The van der Waals surface area contributed by atoms with E-state index in [-0.39, 0.29) is 0 Å². The number of carboxylic acids is 1. The molecule has 1 aromatic rings. The second-order valence-corrected chi connectivity index (χ2v) is 4.14. The maximum Gasteiger partial charge on any atom is 0.341 e. The smallest absolute Gasteiger partial charge is 0.341 e. The molecule has 2 unspecified atom stereocenters. The molecule has 1 rings (SSSR count). The first kappa shape index (κ1) is 17.9. The van der Waals surface area contributed by atoms with Crippen molar-refractivity contribution in [3.63, 3.8) is 0 Å². The Hall–Kier alpha value is -2.20. The number of carbonyl (C=O) groups excluding carboxylic acids is 1. The summed E-state index contributed by atoms with van der Waals surface area (Å²) >= 11 is 0. The zero-order valence-electron chi connectivity index (χ0n) is 10.9. The third-order valence-corrected chi connectivity index (χ3v) is 2.77. The molecular formula is C12H10F4O6. The van der Waals surface area contributed by atoms with Crippen LogP contribution in [0.4, 0.5) is 17.6 Å². The molecule has 0 saturated heterocycles. The van der Waals surface area contributed by atoms with Crippen molar-refractivity contribution < 1.29 is 47.2 Å². The van der Waals surface area contributed by atoms with Crippen LogP contribution in [0.5, 0.6) is 0 Å². The summed E-state index contributed by atoms with van der Waals surface area (Å²) in [5.41, 5.74) is -3.51. The molecule has 0 saturated carbocycles. The van der Waals surface area contributed by atoms with E-state index in [4.69, 9.17) is 5.11 Å². The first-order valence-corrected chi connectivity index (χ1v) is 5.65. The van der Waals surface area contributed by atoms with E-state index >= 15 is 0 Å².